The van der Waals surface area contributed by atoms with Crippen LogP contribution in [0.5, 0.6) is 0 Å². The van der Waals surface area contributed by atoms with Gasteiger partial charge in [0.05, 0.1) is 11.7 Å². The molecule has 0 bridgehead atoms. The topological polar surface area (TPSA) is 25.2 Å². The lowest BCUT2D eigenvalue weighted by Crippen LogP contribution is -2.08. The normalized spacial score (nSPS) is 12.6. The molecule has 21 heavy (non-hydrogen) atoms. The monoisotopic (exact) mass is 303 g/mol. The van der Waals surface area contributed by atoms with E-state index in [-0.39, 0.29) is 11.9 Å². The van der Waals surface area contributed by atoms with Gasteiger partial charge in [-0.05, 0) is 38.1 Å². The lowest BCUT2D eigenvalue weighted by atomic mass is 10.1. The Morgan fingerprint density at radius 3 is 2.71 bits per heavy atom. The highest BCUT2D eigenvalue weighted by molar-refractivity contribution is 6.30. The van der Waals surface area contributed by atoms with Gasteiger partial charge in [-0.25, -0.2) is 4.39 Å². The van der Waals surface area contributed by atoms with Crippen LogP contribution in [0.15, 0.2) is 46.9 Å². The van der Waals surface area contributed by atoms with Gasteiger partial charge in [0.2, 0.25) is 0 Å². The minimum absolute atomic E-state index is 0.162. The van der Waals surface area contributed by atoms with Gasteiger partial charge in [0.1, 0.15) is 17.2 Å². The van der Waals surface area contributed by atoms with Crippen LogP contribution < -0.4 is 5.32 Å². The Hall–Kier alpha value is -2.00. The smallest absolute Gasteiger partial charge is 0.146 e. The van der Waals surface area contributed by atoms with Crippen molar-refractivity contribution in [2.75, 3.05) is 5.32 Å². The summed E-state index contributed by atoms with van der Waals surface area (Å²) in [5.74, 6) is 0.468. The van der Waals surface area contributed by atoms with Crippen molar-refractivity contribution in [2.45, 2.75) is 19.9 Å². The summed E-state index contributed by atoms with van der Waals surface area (Å²) < 4.78 is 19.7. The second-order valence-corrected chi connectivity index (χ2v) is 5.51. The van der Waals surface area contributed by atoms with Gasteiger partial charge < -0.3 is 9.73 Å². The van der Waals surface area contributed by atoms with Crippen LogP contribution in [-0.2, 0) is 0 Å². The number of anilines is 1. The Balaban J connectivity index is 1.95. The van der Waals surface area contributed by atoms with E-state index in [2.05, 4.69) is 5.32 Å². The van der Waals surface area contributed by atoms with E-state index in [4.69, 9.17) is 16.0 Å². The van der Waals surface area contributed by atoms with Crippen molar-refractivity contribution in [1.29, 1.82) is 0 Å². The van der Waals surface area contributed by atoms with Gasteiger partial charge in [-0.15, -0.1) is 0 Å². The Bertz CT molecular complexity index is 797. The first-order valence-electron chi connectivity index (χ1n) is 6.76. The van der Waals surface area contributed by atoms with Gasteiger partial charge in [0.15, 0.2) is 0 Å². The van der Waals surface area contributed by atoms with Gasteiger partial charge in [0.25, 0.3) is 0 Å². The lowest BCUT2D eigenvalue weighted by Gasteiger charge is -2.15. The fraction of sp³-hybridized carbons (Fsp3) is 0.176. The van der Waals surface area contributed by atoms with Crippen LogP contribution in [0.2, 0.25) is 5.02 Å². The molecule has 1 atom stereocenters. The molecular formula is C17H15ClFNO. The maximum absolute atomic E-state index is 13.8. The number of halogens is 2. The molecule has 0 radical (unpaired) electrons. The SMILES string of the molecule is Cc1c(C(C)Nc2cc(Cl)ccc2F)oc2ccccc12. The maximum Gasteiger partial charge on any atom is 0.146 e. The number of rotatable bonds is 3. The van der Waals surface area contributed by atoms with E-state index in [9.17, 15) is 4.39 Å². The van der Waals surface area contributed by atoms with E-state index >= 15 is 0 Å². The fourth-order valence-corrected chi connectivity index (χ4v) is 2.69. The molecule has 0 saturated carbocycles. The number of hydrogen-bond donors (Lipinski definition) is 1. The maximum atomic E-state index is 13.8. The molecule has 0 aliphatic heterocycles. The zero-order valence-electron chi connectivity index (χ0n) is 11.8. The first-order valence-corrected chi connectivity index (χ1v) is 7.13. The summed E-state index contributed by atoms with van der Waals surface area (Å²) in [6.07, 6.45) is 0. The predicted molar refractivity (Wildman–Crippen MR) is 84.4 cm³/mol. The van der Waals surface area contributed by atoms with Crippen molar-refractivity contribution in [3.05, 3.63) is 64.6 Å². The number of hydrogen-bond acceptors (Lipinski definition) is 2. The molecule has 1 unspecified atom stereocenters. The van der Waals surface area contributed by atoms with Crippen molar-refractivity contribution in [2.24, 2.45) is 0 Å². The molecule has 0 aliphatic carbocycles. The van der Waals surface area contributed by atoms with Gasteiger partial charge in [-0.2, -0.15) is 0 Å². The van der Waals surface area contributed by atoms with Crippen LogP contribution in [0, 0.1) is 12.7 Å². The van der Waals surface area contributed by atoms with Crippen LogP contribution in [0.4, 0.5) is 10.1 Å². The van der Waals surface area contributed by atoms with Gasteiger partial charge >= 0.3 is 0 Å². The summed E-state index contributed by atoms with van der Waals surface area (Å²) in [7, 11) is 0. The van der Waals surface area contributed by atoms with Crippen LogP contribution in [0.25, 0.3) is 11.0 Å². The van der Waals surface area contributed by atoms with Gasteiger partial charge in [-0.3, -0.25) is 0 Å². The van der Waals surface area contributed by atoms with E-state index in [1.165, 1.54) is 12.1 Å². The standard InChI is InChI=1S/C17H15ClFNO/c1-10-13-5-3-4-6-16(13)21-17(10)11(2)20-15-9-12(18)7-8-14(15)19/h3-9,11,20H,1-2H3. The molecule has 0 spiro atoms. The molecule has 3 rings (SSSR count). The molecule has 2 aromatic carbocycles. The quantitative estimate of drug-likeness (QED) is 0.670. The number of aryl methyl sites for hydroxylation is 1. The first kappa shape index (κ1) is 14.0. The molecule has 0 saturated heterocycles. The van der Waals surface area contributed by atoms with Crippen molar-refractivity contribution in [3.63, 3.8) is 0 Å². The summed E-state index contributed by atoms with van der Waals surface area (Å²) in [5, 5.41) is 4.69. The van der Waals surface area contributed by atoms with Crippen LogP contribution in [0.1, 0.15) is 24.3 Å². The average Bonchev–Trinajstić information content (AvgIpc) is 2.81. The highest BCUT2D eigenvalue weighted by Crippen LogP contribution is 2.32. The van der Waals surface area contributed by atoms with E-state index in [1.54, 1.807) is 6.07 Å². The van der Waals surface area contributed by atoms with E-state index in [0.29, 0.717) is 10.7 Å². The molecule has 108 valence electrons. The third-order valence-corrected chi connectivity index (χ3v) is 3.81. The minimum Gasteiger partial charge on any atom is -0.459 e. The summed E-state index contributed by atoms with van der Waals surface area (Å²) in [6, 6.07) is 12.1. The summed E-state index contributed by atoms with van der Waals surface area (Å²) in [4.78, 5) is 0. The molecule has 3 aromatic rings. The summed E-state index contributed by atoms with van der Waals surface area (Å²) in [5.41, 5.74) is 2.27. The molecule has 4 heteroatoms. The molecule has 2 nitrogen and oxygen atoms in total. The van der Waals surface area contributed by atoms with Crippen LogP contribution in [-0.4, -0.2) is 0 Å². The molecule has 1 aromatic heterocycles. The third-order valence-electron chi connectivity index (χ3n) is 3.57. The minimum atomic E-state index is -0.333. The number of furan rings is 1. The predicted octanol–water partition coefficient (Wildman–Crippen LogP) is 5.71. The summed E-state index contributed by atoms with van der Waals surface area (Å²) >= 11 is 5.91. The van der Waals surface area contributed by atoms with Crippen molar-refractivity contribution >= 4 is 28.3 Å². The number of fused-ring (bicyclic) bond motifs is 1. The highest BCUT2D eigenvalue weighted by Gasteiger charge is 2.17. The van der Waals surface area contributed by atoms with E-state index in [1.807, 2.05) is 38.1 Å². The second kappa shape index (κ2) is 5.41. The number of para-hydroxylation sites is 1. The van der Waals surface area contributed by atoms with Crippen LogP contribution >= 0.6 is 11.6 Å². The molecule has 0 fully saturated rings. The first-order chi connectivity index (χ1) is 10.1. The molecule has 1 N–H and O–H groups in total. The van der Waals surface area contributed by atoms with Gasteiger partial charge in [-0.1, -0.05) is 29.8 Å². The van der Waals surface area contributed by atoms with Crippen molar-refractivity contribution in [3.8, 4) is 0 Å². The molecular weight excluding hydrogens is 289 g/mol. The summed E-state index contributed by atoms with van der Waals surface area (Å²) in [6.45, 7) is 3.94. The largest absolute Gasteiger partial charge is 0.459 e. The average molecular weight is 304 g/mol. The molecule has 0 aliphatic rings. The molecule has 0 amide bonds. The van der Waals surface area contributed by atoms with E-state index < -0.39 is 0 Å². The number of nitrogens with one attached hydrogen (secondary N) is 1. The van der Waals surface area contributed by atoms with E-state index in [0.717, 1.165) is 22.3 Å². The Morgan fingerprint density at radius 1 is 1.19 bits per heavy atom. The Labute approximate surface area is 127 Å². The molecule has 1 heterocycles. The van der Waals surface area contributed by atoms with Crippen LogP contribution in [0.3, 0.4) is 0 Å². The lowest BCUT2D eigenvalue weighted by molar-refractivity contribution is 0.520. The number of benzene rings is 2. The second-order valence-electron chi connectivity index (χ2n) is 5.08. The zero-order valence-corrected chi connectivity index (χ0v) is 12.5. The Morgan fingerprint density at radius 2 is 1.95 bits per heavy atom. The van der Waals surface area contributed by atoms with Crippen molar-refractivity contribution < 1.29 is 8.81 Å². The van der Waals surface area contributed by atoms with Gasteiger partial charge in [0, 0.05) is 16.0 Å². The highest BCUT2D eigenvalue weighted by atomic mass is 35.5. The van der Waals surface area contributed by atoms with Crippen molar-refractivity contribution in [1.82, 2.24) is 0 Å². The fourth-order valence-electron chi connectivity index (χ4n) is 2.51. The zero-order chi connectivity index (χ0) is 15.0. The Kier molecular flexibility index (Phi) is 3.60. The third kappa shape index (κ3) is 2.61.